The van der Waals surface area contributed by atoms with Gasteiger partial charge in [0, 0.05) is 12.8 Å². The maximum atomic E-state index is 12.7. The summed E-state index contributed by atoms with van der Waals surface area (Å²) in [6.45, 7) is 4.82. The largest absolute Gasteiger partial charge is 0.477 e. The van der Waals surface area contributed by atoms with E-state index in [-0.39, 0.29) is 32.2 Å². The zero-order valence-electron chi connectivity index (χ0n) is 32.4. The first-order chi connectivity index (χ1) is 23.6. The number of nitrogens with zero attached hydrogens (tertiary/aromatic N) is 1. The summed E-state index contributed by atoms with van der Waals surface area (Å²) in [7, 11) is 5.94. The fourth-order valence-corrected chi connectivity index (χ4v) is 5.36. The molecule has 0 heterocycles. The number of carbonyl (C=O) groups is 3. The third-order valence-corrected chi connectivity index (χ3v) is 8.52. The van der Waals surface area contributed by atoms with Crippen molar-refractivity contribution in [1.29, 1.82) is 0 Å². The van der Waals surface area contributed by atoms with Gasteiger partial charge in [0.2, 0.25) is 0 Å². The van der Waals surface area contributed by atoms with E-state index in [1.165, 1.54) is 83.5 Å². The van der Waals surface area contributed by atoms with E-state index in [0.29, 0.717) is 23.9 Å². The molecule has 9 heteroatoms. The smallest absolute Gasteiger partial charge is 0.361 e. The molecule has 0 fully saturated rings. The van der Waals surface area contributed by atoms with Crippen LogP contribution >= 0.6 is 0 Å². The number of carboxylic acid groups (broad SMARTS) is 1. The number of hydrogen-bond donors (Lipinski definition) is 1. The number of allylic oxidation sites excluding steroid dienone is 2. The zero-order valence-corrected chi connectivity index (χ0v) is 32.4. The number of likely N-dealkylation sites (N-methyl/N-ethyl adjacent to an activating group) is 1. The van der Waals surface area contributed by atoms with E-state index in [0.717, 1.165) is 51.4 Å². The Hall–Kier alpha value is -1.97. The number of quaternary nitrogens is 1. The van der Waals surface area contributed by atoms with Gasteiger partial charge < -0.3 is 28.5 Å². The third-order valence-electron chi connectivity index (χ3n) is 8.52. The van der Waals surface area contributed by atoms with E-state index in [9.17, 15) is 19.5 Å². The van der Waals surface area contributed by atoms with Gasteiger partial charge in [0.25, 0.3) is 6.29 Å². The lowest BCUT2D eigenvalue weighted by Crippen LogP contribution is -2.40. The molecule has 0 aliphatic carbocycles. The molecule has 0 saturated carbocycles. The Morgan fingerprint density at radius 3 is 1.55 bits per heavy atom. The van der Waals surface area contributed by atoms with Crippen LogP contribution < -0.4 is 0 Å². The molecule has 1 N–H and O–H groups in total. The normalized spacial score (nSPS) is 13.1. The molecule has 0 rings (SSSR count). The van der Waals surface area contributed by atoms with Crippen molar-refractivity contribution in [2.75, 3.05) is 47.5 Å². The van der Waals surface area contributed by atoms with Crippen molar-refractivity contribution in [3.8, 4) is 0 Å². The van der Waals surface area contributed by atoms with Gasteiger partial charge in [0.1, 0.15) is 13.2 Å². The van der Waals surface area contributed by atoms with Gasteiger partial charge in [-0.05, 0) is 38.5 Å². The monoisotopic (exact) mass is 699 g/mol. The molecule has 0 aliphatic heterocycles. The van der Waals surface area contributed by atoms with E-state index < -0.39 is 24.3 Å². The number of ether oxygens (including phenoxy) is 4. The van der Waals surface area contributed by atoms with Gasteiger partial charge in [-0.2, -0.15) is 0 Å². The Morgan fingerprint density at radius 2 is 1.04 bits per heavy atom. The number of rotatable bonds is 36. The molecule has 0 aromatic carbocycles. The highest BCUT2D eigenvalue weighted by Gasteiger charge is 2.25. The molecular weight excluding hydrogens is 622 g/mol. The molecule has 49 heavy (non-hydrogen) atoms. The minimum atomic E-state index is -1.50. The fourth-order valence-electron chi connectivity index (χ4n) is 5.36. The van der Waals surface area contributed by atoms with Crippen LogP contribution in [-0.2, 0) is 33.3 Å². The summed E-state index contributed by atoms with van der Waals surface area (Å²) in [4.78, 5) is 36.9. The van der Waals surface area contributed by atoms with Crippen LogP contribution in [0.3, 0.4) is 0 Å². The fraction of sp³-hybridized carbons (Fsp3) is 0.875. The number of carbonyl (C=O) groups excluding carboxylic acids is 2. The van der Waals surface area contributed by atoms with E-state index in [1.807, 2.05) is 21.1 Å². The molecular formula is C40H76NO8+. The molecule has 0 radical (unpaired) electrons. The summed E-state index contributed by atoms with van der Waals surface area (Å²) < 4.78 is 22.6. The summed E-state index contributed by atoms with van der Waals surface area (Å²) >= 11 is 0. The van der Waals surface area contributed by atoms with Crippen LogP contribution in [0, 0.1) is 0 Å². The number of hydrogen-bond acceptors (Lipinski definition) is 7. The highest BCUT2D eigenvalue weighted by atomic mass is 16.7. The summed E-state index contributed by atoms with van der Waals surface area (Å²) in [5, 5.41) is 9.58. The Bertz CT molecular complexity index is 826. The van der Waals surface area contributed by atoms with Crippen LogP contribution in [0.2, 0.25) is 0 Å². The van der Waals surface area contributed by atoms with Crippen molar-refractivity contribution in [1.82, 2.24) is 0 Å². The summed E-state index contributed by atoms with van der Waals surface area (Å²) in [5.74, 6) is -2.02. The molecule has 0 aromatic heterocycles. The van der Waals surface area contributed by atoms with Crippen LogP contribution in [0.1, 0.15) is 168 Å². The first kappa shape index (κ1) is 47.0. The first-order valence-corrected chi connectivity index (χ1v) is 19.9. The molecule has 0 bridgehead atoms. The van der Waals surface area contributed by atoms with Gasteiger partial charge in [-0.15, -0.1) is 0 Å². The van der Waals surface area contributed by atoms with E-state index in [1.54, 1.807) is 0 Å². The van der Waals surface area contributed by atoms with Crippen LogP contribution in [-0.4, -0.2) is 87.4 Å². The topological polar surface area (TPSA) is 108 Å². The van der Waals surface area contributed by atoms with E-state index in [4.69, 9.17) is 18.9 Å². The molecule has 0 aromatic rings. The first-order valence-electron chi connectivity index (χ1n) is 19.9. The summed E-state index contributed by atoms with van der Waals surface area (Å²) in [5.41, 5.74) is 0. The van der Waals surface area contributed by atoms with Crippen LogP contribution in [0.5, 0.6) is 0 Å². The van der Waals surface area contributed by atoms with Crippen molar-refractivity contribution < 1.29 is 42.9 Å². The lowest BCUT2D eigenvalue weighted by Gasteiger charge is -2.25. The van der Waals surface area contributed by atoms with Crippen molar-refractivity contribution in [3.63, 3.8) is 0 Å². The average Bonchev–Trinajstić information content (AvgIpc) is 3.05. The van der Waals surface area contributed by atoms with Gasteiger partial charge in [0.05, 0.1) is 34.4 Å². The second kappa shape index (κ2) is 33.2. The van der Waals surface area contributed by atoms with Crippen molar-refractivity contribution in [2.45, 2.75) is 180 Å². The maximum Gasteiger partial charge on any atom is 0.361 e. The predicted molar refractivity (Wildman–Crippen MR) is 198 cm³/mol. The number of esters is 2. The minimum Gasteiger partial charge on any atom is -0.477 e. The van der Waals surface area contributed by atoms with Crippen molar-refractivity contribution in [2.24, 2.45) is 0 Å². The van der Waals surface area contributed by atoms with Gasteiger partial charge >= 0.3 is 17.9 Å². The van der Waals surface area contributed by atoms with Crippen LogP contribution in [0.4, 0.5) is 0 Å². The number of unbranched alkanes of at least 4 members (excludes halogenated alkanes) is 19. The van der Waals surface area contributed by atoms with Gasteiger partial charge in [-0.1, -0.05) is 129 Å². The average molecular weight is 699 g/mol. The second-order valence-corrected chi connectivity index (χ2v) is 14.6. The molecule has 9 nitrogen and oxygen atoms in total. The lowest BCUT2D eigenvalue weighted by atomic mass is 10.0. The quantitative estimate of drug-likeness (QED) is 0.0227. The number of aliphatic carboxylic acids is 1. The standard InChI is InChI=1S/C40H75NO8/c1-6-8-10-12-14-16-18-20-22-24-26-28-30-37(42)47-34-36(35-48-40(39(44)45)46-33-32-41(3,4)5)49-38(43)31-29-27-25-23-21-19-17-15-13-11-9-7-2/h15,17,36,40H,6-14,16,18-35H2,1-5H3/p+1/b17-15-. The molecule has 2 unspecified atom stereocenters. The minimum absolute atomic E-state index is 0.181. The Labute approximate surface area is 300 Å². The Balaban J connectivity index is 4.53. The molecule has 0 amide bonds. The Morgan fingerprint density at radius 1 is 0.592 bits per heavy atom. The molecule has 288 valence electrons. The summed E-state index contributed by atoms with van der Waals surface area (Å²) in [6, 6.07) is 0. The third kappa shape index (κ3) is 34.3. The van der Waals surface area contributed by atoms with Gasteiger partial charge in [0.15, 0.2) is 6.10 Å². The molecule has 2 atom stereocenters. The maximum absolute atomic E-state index is 12.7. The van der Waals surface area contributed by atoms with Crippen molar-refractivity contribution in [3.05, 3.63) is 12.2 Å². The zero-order chi connectivity index (χ0) is 36.4. The van der Waals surface area contributed by atoms with Crippen LogP contribution in [0.25, 0.3) is 0 Å². The lowest BCUT2D eigenvalue weighted by molar-refractivity contribution is -0.870. The highest BCUT2D eigenvalue weighted by molar-refractivity contribution is 5.71. The number of carboxylic acids is 1. The summed E-state index contributed by atoms with van der Waals surface area (Å²) in [6.07, 6.45) is 28.4. The van der Waals surface area contributed by atoms with Gasteiger partial charge in [-0.25, -0.2) is 4.79 Å². The SMILES string of the molecule is CCCCC/C=C\CCCCCCCC(=O)OC(COC(=O)CCCCCCCCCCCCCC)COC(OCC[N+](C)(C)C)C(=O)O. The van der Waals surface area contributed by atoms with Crippen LogP contribution in [0.15, 0.2) is 12.2 Å². The molecule has 0 aliphatic rings. The van der Waals surface area contributed by atoms with Crippen molar-refractivity contribution >= 4 is 17.9 Å². The molecule has 0 spiro atoms. The van der Waals surface area contributed by atoms with Gasteiger partial charge in [-0.3, -0.25) is 9.59 Å². The molecule has 0 saturated heterocycles. The Kier molecular flexibility index (Phi) is 31.9. The van der Waals surface area contributed by atoms with E-state index in [2.05, 4.69) is 26.0 Å². The highest BCUT2D eigenvalue weighted by Crippen LogP contribution is 2.14. The van der Waals surface area contributed by atoms with E-state index >= 15 is 0 Å². The second-order valence-electron chi connectivity index (χ2n) is 14.6. The predicted octanol–water partition coefficient (Wildman–Crippen LogP) is 9.55.